The molecule has 2 nitrogen and oxygen atoms in total. The predicted octanol–water partition coefficient (Wildman–Crippen LogP) is 1.87. The summed E-state index contributed by atoms with van der Waals surface area (Å²) in [7, 11) is 0. The molecule has 78 valence electrons. The van der Waals surface area contributed by atoms with Gasteiger partial charge >= 0.3 is 6.18 Å². The maximum absolute atomic E-state index is 11.8. The molecular formula is C8H13F3O2. The minimum Gasteiger partial charge on any atom is -0.390 e. The topological polar surface area (TPSA) is 29.5 Å². The van der Waals surface area contributed by atoms with Gasteiger partial charge in [-0.05, 0) is 19.3 Å². The third kappa shape index (κ3) is 3.95. The standard InChI is InChI=1S/C8H13F3O2/c9-8(10,11)2-1-7(12)3-5-13-6-4-7/h12H,1-6H2. The van der Waals surface area contributed by atoms with Crippen LogP contribution in [0.2, 0.25) is 0 Å². The third-order valence-electron chi connectivity index (χ3n) is 2.30. The molecule has 13 heavy (non-hydrogen) atoms. The Morgan fingerprint density at radius 3 is 2.23 bits per heavy atom. The van der Waals surface area contributed by atoms with Crippen molar-refractivity contribution in [2.75, 3.05) is 13.2 Å². The average molecular weight is 198 g/mol. The molecule has 0 bridgehead atoms. The highest BCUT2D eigenvalue weighted by Gasteiger charge is 2.35. The van der Waals surface area contributed by atoms with E-state index in [1.165, 1.54) is 0 Å². The number of halogens is 3. The van der Waals surface area contributed by atoms with E-state index >= 15 is 0 Å². The summed E-state index contributed by atoms with van der Waals surface area (Å²) in [6, 6.07) is 0. The molecule has 1 N–H and O–H groups in total. The van der Waals surface area contributed by atoms with Crippen molar-refractivity contribution in [3.63, 3.8) is 0 Å². The van der Waals surface area contributed by atoms with E-state index in [1.54, 1.807) is 0 Å². The lowest BCUT2D eigenvalue weighted by molar-refractivity contribution is -0.154. The van der Waals surface area contributed by atoms with Crippen LogP contribution >= 0.6 is 0 Å². The van der Waals surface area contributed by atoms with Gasteiger partial charge in [0.25, 0.3) is 0 Å². The lowest BCUT2D eigenvalue weighted by atomic mass is 9.89. The van der Waals surface area contributed by atoms with Gasteiger partial charge in [-0.25, -0.2) is 0 Å². The van der Waals surface area contributed by atoms with Crippen molar-refractivity contribution in [3.05, 3.63) is 0 Å². The fourth-order valence-electron chi connectivity index (χ4n) is 1.38. The van der Waals surface area contributed by atoms with Crippen molar-refractivity contribution in [1.29, 1.82) is 0 Å². The second kappa shape index (κ2) is 3.84. The highest BCUT2D eigenvalue weighted by Crippen LogP contribution is 2.31. The zero-order chi connectivity index (χ0) is 9.95. The quantitative estimate of drug-likeness (QED) is 0.734. The van der Waals surface area contributed by atoms with E-state index in [-0.39, 0.29) is 6.42 Å². The van der Waals surface area contributed by atoms with Crippen molar-refractivity contribution < 1.29 is 23.0 Å². The molecule has 0 atom stereocenters. The maximum atomic E-state index is 11.8. The third-order valence-corrected chi connectivity index (χ3v) is 2.30. The van der Waals surface area contributed by atoms with E-state index in [9.17, 15) is 18.3 Å². The smallest absolute Gasteiger partial charge is 0.389 e. The Morgan fingerprint density at radius 2 is 1.77 bits per heavy atom. The Labute approximate surface area is 74.7 Å². The Hall–Kier alpha value is -0.290. The second-order valence-electron chi connectivity index (χ2n) is 3.45. The number of rotatable bonds is 2. The number of aliphatic hydroxyl groups is 1. The van der Waals surface area contributed by atoms with Crippen LogP contribution in [0.1, 0.15) is 25.7 Å². The summed E-state index contributed by atoms with van der Waals surface area (Å²) >= 11 is 0. The number of ether oxygens (including phenoxy) is 1. The zero-order valence-electron chi connectivity index (χ0n) is 7.23. The molecule has 0 spiro atoms. The second-order valence-corrected chi connectivity index (χ2v) is 3.45. The molecular weight excluding hydrogens is 185 g/mol. The summed E-state index contributed by atoms with van der Waals surface area (Å²) in [4.78, 5) is 0. The van der Waals surface area contributed by atoms with Crippen molar-refractivity contribution >= 4 is 0 Å². The molecule has 1 heterocycles. The monoisotopic (exact) mass is 198 g/mol. The van der Waals surface area contributed by atoms with Gasteiger partial charge in [-0.1, -0.05) is 0 Å². The highest BCUT2D eigenvalue weighted by atomic mass is 19.4. The van der Waals surface area contributed by atoms with E-state index in [0.717, 1.165) is 0 Å². The SMILES string of the molecule is OC1(CCC(F)(F)F)CCOCC1. The fourth-order valence-corrected chi connectivity index (χ4v) is 1.38. The van der Waals surface area contributed by atoms with Crippen LogP contribution in [-0.2, 0) is 4.74 Å². The molecule has 0 amide bonds. The molecule has 1 aliphatic rings. The fraction of sp³-hybridized carbons (Fsp3) is 1.00. The number of hydrogen-bond acceptors (Lipinski definition) is 2. The van der Waals surface area contributed by atoms with Crippen LogP contribution in [0.25, 0.3) is 0 Å². The van der Waals surface area contributed by atoms with Gasteiger partial charge in [0.1, 0.15) is 0 Å². The average Bonchev–Trinajstić information content (AvgIpc) is 2.02. The van der Waals surface area contributed by atoms with Gasteiger partial charge in [0.15, 0.2) is 0 Å². The lowest BCUT2D eigenvalue weighted by Crippen LogP contribution is -2.37. The highest BCUT2D eigenvalue weighted by molar-refractivity contribution is 4.81. The van der Waals surface area contributed by atoms with Crippen LogP contribution in [0.4, 0.5) is 13.2 Å². The molecule has 0 unspecified atom stereocenters. The van der Waals surface area contributed by atoms with E-state index in [0.29, 0.717) is 26.1 Å². The van der Waals surface area contributed by atoms with Crippen LogP contribution < -0.4 is 0 Å². The van der Waals surface area contributed by atoms with E-state index in [2.05, 4.69) is 0 Å². The molecule has 0 saturated carbocycles. The van der Waals surface area contributed by atoms with Gasteiger partial charge in [0.05, 0.1) is 5.60 Å². The van der Waals surface area contributed by atoms with E-state index < -0.39 is 18.2 Å². The molecule has 1 fully saturated rings. The van der Waals surface area contributed by atoms with Crippen LogP contribution in [-0.4, -0.2) is 30.1 Å². The van der Waals surface area contributed by atoms with Gasteiger partial charge in [0.2, 0.25) is 0 Å². The molecule has 0 aliphatic carbocycles. The van der Waals surface area contributed by atoms with Crippen molar-refractivity contribution in [2.45, 2.75) is 37.5 Å². The molecule has 0 aromatic carbocycles. The van der Waals surface area contributed by atoms with Gasteiger partial charge in [-0.3, -0.25) is 0 Å². The Balaban J connectivity index is 2.33. The van der Waals surface area contributed by atoms with Gasteiger partial charge < -0.3 is 9.84 Å². The van der Waals surface area contributed by atoms with Gasteiger partial charge in [-0.15, -0.1) is 0 Å². The first kappa shape index (κ1) is 10.8. The molecule has 5 heteroatoms. The minimum absolute atomic E-state index is 0.208. The maximum Gasteiger partial charge on any atom is 0.389 e. The lowest BCUT2D eigenvalue weighted by Gasteiger charge is -2.32. The largest absolute Gasteiger partial charge is 0.390 e. The van der Waals surface area contributed by atoms with Gasteiger partial charge in [0, 0.05) is 19.6 Å². The Kier molecular flexibility index (Phi) is 3.18. The van der Waals surface area contributed by atoms with E-state index in [1.807, 2.05) is 0 Å². The first-order chi connectivity index (χ1) is 5.91. The zero-order valence-corrected chi connectivity index (χ0v) is 7.23. The van der Waals surface area contributed by atoms with Crippen LogP contribution in [0.3, 0.4) is 0 Å². The van der Waals surface area contributed by atoms with Crippen LogP contribution in [0.15, 0.2) is 0 Å². The molecule has 1 saturated heterocycles. The Bertz CT molecular complexity index is 161. The summed E-state index contributed by atoms with van der Waals surface area (Å²) < 4.78 is 40.5. The minimum atomic E-state index is -4.17. The van der Waals surface area contributed by atoms with Crippen LogP contribution in [0.5, 0.6) is 0 Å². The summed E-state index contributed by atoms with van der Waals surface area (Å²) in [6.07, 6.45) is -4.68. The van der Waals surface area contributed by atoms with Crippen molar-refractivity contribution in [2.24, 2.45) is 0 Å². The number of alkyl halides is 3. The summed E-state index contributed by atoms with van der Waals surface area (Å²) in [5.41, 5.74) is -1.16. The first-order valence-corrected chi connectivity index (χ1v) is 4.28. The predicted molar refractivity (Wildman–Crippen MR) is 40.3 cm³/mol. The van der Waals surface area contributed by atoms with Crippen molar-refractivity contribution in [3.8, 4) is 0 Å². The molecule has 0 radical (unpaired) electrons. The normalized spacial score (nSPS) is 23.1. The summed E-state index contributed by atoms with van der Waals surface area (Å²) in [5, 5.41) is 9.65. The van der Waals surface area contributed by atoms with E-state index in [4.69, 9.17) is 4.74 Å². The molecule has 0 aromatic rings. The first-order valence-electron chi connectivity index (χ1n) is 4.28. The number of hydrogen-bond donors (Lipinski definition) is 1. The summed E-state index contributed by atoms with van der Waals surface area (Å²) in [6.45, 7) is 0.711. The molecule has 1 rings (SSSR count). The summed E-state index contributed by atoms with van der Waals surface area (Å²) in [5.74, 6) is 0. The van der Waals surface area contributed by atoms with Crippen molar-refractivity contribution in [1.82, 2.24) is 0 Å². The Morgan fingerprint density at radius 1 is 1.23 bits per heavy atom. The van der Waals surface area contributed by atoms with Gasteiger partial charge in [-0.2, -0.15) is 13.2 Å². The molecule has 0 aromatic heterocycles. The molecule has 1 aliphatic heterocycles. The van der Waals surface area contributed by atoms with Crippen LogP contribution in [0, 0.1) is 0 Å².